The van der Waals surface area contributed by atoms with Gasteiger partial charge in [0.1, 0.15) is 12.1 Å². The molecule has 1 atom stereocenters. The summed E-state index contributed by atoms with van der Waals surface area (Å²) in [6.07, 6.45) is 3.43. The molecule has 3 rings (SSSR count). The van der Waals surface area contributed by atoms with Crippen molar-refractivity contribution in [3.05, 3.63) is 41.7 Å². The summed E-state index contributed by atoms with van der Waals surface area (Å²) in [5.74, 6) is 1.80. The van der Waals surface area contributed by atoms with E-state index in [4.69, 9.17) is 9.52 Å². The normalized spacial score (nSPS) is 13.6. The molecule has 132 valence electrons. The van der Waals surface area contributed by atoms with Gasteiger partial charge >= 0.3 is 0 Å². The third-order valence-corrected chi connectivity index (χ3v) is 5.00. The Hall–Kier alpha value is -2.68. The molecule has 1 N–H and O–H groups in total. The van der Waals surface area contributed by atoms with Crippen LogP contribution in [0, 0.1) is 4.78 Å². The Morgan fingerprint density at radius 1 is 1.28 bits per heavy atom. The number of fused-ring (bicyclic) bond motifs is 1. The Labute approximate surface area is 146 Å². The highest BCUT2D eigenvalue weighted by atomic mass is 32.2. The topological polar surface area (TPSA) is 96.5 Å². The van der Waals surface area contributed by atoms with Crippen LogP contribution in [-0.2, 0) is 16.1 Å². The molecule has 0 saturated carbocycles. The molecule has 0 amide bonds. The van der Waals surface area contributed by atoms with Crippen molar-refractivity contribution >= 4 is 21.3 Å². The van der Waals surface area contributed by atoms with Gasteiger partial charge in [-0.05, 0) is 17.7 Å². The van der Waals surface area contributed by atoms with Crippen LogP contribution in [-0.4, -0.2) is 51.3 Å². The molecule has 8 nitrogen and oxygen atoms in total. The van der Waals surface area contributed by atoms with Gasteiger partial charge in [0.25, 0.3) is 5.78 Å². The third-order valence-electron chi connectivity index (χ3n) is 3.83. The van der Waals surface area contributed by atoms with Crippen molar-refractivity contribution in [3.8, 4) is 5.88 Å². The van der Waals surface area contributed by atoms with Gasteiger partial charge in [0.05, 0.1) is 22.4 Å². The standard InChI is InChI=1S/C16H20N6O2S/c1-21(2)15-13(14(24-3)20-16-18-10-19-22(15)16)9-11-5-7-12(8-6-11)25(4,17)23/h5-8,10,17H,9H2,1-4H3. The molecule has 0 radical (unpaired) electrons. The number of nitrogens with zero attached hydrogens (tertiary/aromatic N) is 5. The monoisotopic (exact) mass is 360 g/mol. The number of nitrogens with one attached hydrogen (secondary N) is 1. The molecule has 1 unspecified atom stereocenters. The van der Waals surface area contributed by atoms with E-state index in [1.807, 2.05) is 31.1 Å². The first-order valence-electron chi connectivity index (χ1n) is 7.58. The SMILES string of the molecule is COc1nc2ncnn2c(N(C)C)c1Cc1ccc(S(C)(=N)=O)cc1. The summed E-state index contributed by atoms with van der Waals surface area (Å²) in [7, 11) is 2.71. The molecule has 2 heterocycles. The minimum Gasteiger partial charge on any atom is -0.481 e. The fourth-order valence-corrected chi connectivity index (χ4v) is 3.35. The lowest BCUT2D eigenvalue weighted by molar-refractivity contribution is 0.393. The van der Waals surface area contributed by atoms with Crippen LogP contribution >= 0.6 is 0 Å². The van der Waals surface area contributed by atoms with Crippen molar-refractivity contribution in [3.63, 3.8) is 0 Å². The van der Waals surface area contributed by atoms with Crippen LogP contribution in [0.4, 0.5) is 5.82 Å². The molecule has 0 aliphatic heterocycles. The summed E-state index contributed by atoms with van der Waals surface area (Å²) in [5.41, 5.74) is 1.87. The van der Waals surface area contributed by atoms with Crippen LogP contribution in [0.15, 0.2) is 35.5 Å². The zero-order valence-corrected chi connectivity index (χ0v) is 15.4. The maximum atomic E-state index is 11.8. The first kappa shape index (κ1) is 17.2. The van der Waals surface area contributed by atoms with E-state index in [2.05, 4.69) is 15.1 Å². The lowest BCUT2D eigenvalue weighted by Crippen LogP contribution is -2.18. The van der Waals surface area contributed by atoms with Gasteiger partial charge in [0.2, 0.25) is 5.88 Å². The summed E-state index contributed by atoms with van der Waals surface area (Å²) in [6, 6.07) is 7.21. The van der Waals surface area contributed by atoms with Gasteiger partial charge in [-0.2, -0.15) is 19.6 Å². The molecule has 0 spiro atoms. The maximum absolute atomic E-state index is 11.8. The van der Waals surface area contributed by atoms with Gasteiger partial charge in [0.15, 0.2) is 0 Å². The molecule has 0 aliphatic rings. The van der Waals surface area contributed by atoms with E-state index in [1.165, 1.54) is 12.6 Å². The van der Waals surface area contributed by atoms with E-state index in [0.29, 0.717) is 23.0 Å². The Kier molecular flexibility index (Phi) is 4.34. The van der Waals surface area contributed by atoms with Gasteiger partial charge in [0, 0.05) is 31.7 Å². The largest absolute Gasteiger partial charge is 0.481 e. The Morgan fingerprint density at radius 3 is 2.52 bits per heavy atom. The van der Waals surface area contributed by atoms with E-state index in [1.54, 1.807) is 23.8 Å². The lowest BCUT2D eigenvalue weighted by Gasteiger charge is -2.20. The van der Waals surface area contributed by atoms with Crippen LogP contribution < -0.4 is 9.64 Å². The average Bonchev–Trinajstić information content (AvgIpc) is 3.01. The molecule has 9 heteroatoms. The second kappa shape index (κ2) is 6.32. The molecule has 0 aliphatic carbocycles. The van der Waals surface area contributed by atoms with Crippen LogP contribution in [0.5, 0.6) is 5.88 Å². The molecule has 1 aromatic carbocycles. The minimum absolute atomic E-state index is 0.472. The van der Waals surface area contributed by atoms with E-state index in [9.17, 15) is 4.21 Å². The maximum Gasteiger partial charge on any atom is 0.257 e. The summed E-state index contributed by atoms with van der Waals surface area (Å²) in [4.78, 5) is 11.0. The number of hydrogen-bond donors (Lipinski definition) is 1. The highest BCUT2D eigenvalue weighted by Gasteiger charge is 2.19. The zero-order valence-electron chi connectivity index (χ0n) is 14.6. The average molecular weight is 360 g/mol. The predicted octanol–water partition coefficient (Wildman–Crippen LogP) is 1.83. The number of anilines is 1. The number of ether oxygens (including phenoxy) is 1. The number of methoxy groups -OCH3 is 1. The quantitative estimate of drug-likeness (QED) is 0.745. The fraction of sp³-hybridized carbons (Fsp3) is 0.312. The summed E-state index contributed by atoms with van der Waals surface area (Å²) in [6.45, 7) is 0. The Balaban J connectivity index is 2.10. The van der Waals surface area contributed by atoms with Crippen molar-refractivity contribution in [1.82, 2.24) is 19.6 Å². The van der Waals surface area contributed by atoms with Crippen LogP contribution in [0.2, 0.25) is 0 Å². The van der Waals surface area contributed by atoms with Crippen molar-refractivity contribution in [1.29, 1.82) is 4.78 Å². The fourth-order valence-electron chi connectivity index (χ4n) is 2.70. The highest BCUT2D eigenvalue weighted by Crippen LogP contribution is 2.29. The van der Waals surface area contributed by atoms with Gasteiger partial charge in [-0.1, -0.05) is 12.1 Å². The molecule has 0 bridgehead atoms. The van der Waals surface area contributed by atoms with E-state index in [0.717, 1.165) is 16.9 Å². The second-order valence-electron chi connectivity index (χ2n) is 5.95. The van der Waals surface area contributed by atoms with Crippen molar-refractivity contribution in [2.45, 2.75) is 11.3 Å². The first-order valence-corrected chi connectivity index (χ1v) is 9.54. The Bertz CT molecular complexity index is 1010. The molecule has 3 aromatic rings. The second-order valence-corrected chi connectivity index (χ2v) is 8.11. The van der Waals surface area contributed by atoms with E-state index < -0.39 is 9.73 Å². The van der Waals surface area contributed by atoms with Crippen LogP contribution in [0.25, 0.3) is 5.78 Å². The van der Waals surface area contributed by atoms with Gasteiger partial charge in [-0.15, -0.1) is 0 Å². The number of rotatable bonds is 5. The smallest absolute Gasteiger partial charge is 0.257 e. The molecular weight excluding hydrogens is 340 g/mol. The van der Waals surface area contributed by atoms with Gasteiger partial charge in [-0.25, -0.2) is 8.99 Å². The van der Waals surface area contributed by atoms with Crippen molar-refractivity contribution < 1.29 is 8.95 Å². The highest BCUT2D eigenvalue weighted by molar-refractivity contribution is 7.91. The molecule has 25 heavy (non-hydrogen) atoms. The summed E-state index contributed by atoms with van der Waals surface area (Å²) < 4.78 is 26.6. The Morgan fingerprint density at radius 2 is 1.96 bits per heavy atom. The predicted molar refractivity (Wildman–Crippen MR) is 96.0 cm³/mol. The third kappa shape index (κ3) is 3.27. The number of benzene rings is 1. The van der Waals surface area contributed by atoms with Crippen molar-refractivity contribution in [2.75, 3.05) is 32.4 Å². The molecular formula is C16H20N6O2S. The van der Waals surface area contributed by atoms with Crippen molar-refractivity contribution in [2.24, 2.45) is 0 Å². The summed E-state index contributed by atoms with van der Waals surface area (Å²) in [5, 5.41) is 4.25. The molecule has 2 aromatic heterocycles. The van der Waals surface area contributed by atoms with Crippen LogP contribution in [0.3, 0.4) is 0 Å². The summed E-state index contributed by atoms with van der Waals surface area (Å²) >= 11 is 0. The zero-order chi connectivity index (χ0) is 18.2. The first-order chi connectivity index (χ1) is 11.8. The minimum atomic E-state index is -2.72. The molecule has 0 saturated heterocycles. The van der Waals surface area contributed by atoms with Gasteiger partial charge < -0.3 is 9.64 Å². The lowest BCUT2D eigenvalue weighted by atomic mass is 10.1. The van der Waals surface area contributed by atoms with Crippen LogP contribution in [0.1, 0.15) is 11.1 Å². The van der Waals surface area contributed by atoms with E-state index >= 15 is 0 Å². The number of hydrogen-bond acceptors (Lipinski definition) is 7. The number of aromatic nitrogens is 4. The molecule has 0 fully saturated rings. The van der Waals surface area contributed by atoms with E-state index in [-0.39, 0.29) is 0 Å². The van der Waals surface area contributed by atoms with Gasteiger partial charge in [-0.3, -0.25) is 0 Å².